The molecule has 0 saturated heterocycles. The Morgan fingerprint density at radius 3 is 2.10 bits per heavy atom. The number of nitrogens with one attached hydrogen (secondary N) is 1. The molecule has 0 bridgehead atoms. The zero-order valence-corrected chi connectivity index (χ0v) is 14.1. The molecular weight excluding hydrogens is 264 g/mol. The molecule has 0 radical (unpaired) electrons. The fourth-order valence-corrected chi connectivity index (χ4v) is 3.58. The second kappa shape index (κ2) is 11.3. The number of rotatable bonds is 12. The third-order valence-corrected chi connectivity index (χ3v) is 5.02. The molecule has 0 aliphatic heterocycles. The summed E-state index contributed by atoms with van der Waals surface area (Å²) in [5.74, 6) is 5.68. The molecule has 3 heteroatoms. The summed E-state index contributed by atoms with van der Waals surface area (Å²) in [6.07, 6.45) is 13.6. The highest BCUT2D eigenvalue weighted by molar-refractivity contribution is 7.12. The summed E-state index contributed by atoms with van der Waals surface area (Å²) in [6, 6.07) is 4.73. The summed E-state index contributed by atoms with van der Waals surface area (Å²) in [5, 5.41) is 0. The summed E-state index contributed by atoms with van der Waals surface area (Å²) in [7, 11) is 0. The normalized spacial score (nSPS) is 12.8. The van der Waals surface area contributed by atoms with E-state index in [4.69, 9.17) is 5.84 Å². The van der Waals surface area contributed by atoms with E-state index in [1.165, 1.54) is 67.5 Å². The first kappa shape index (κ1) is 17.7. The van der Waals surface area contributed by atoms with Crippen LogP contribution in [-0.2, 0) is 0 Å². The Balaban J connectivity index is 2.02. The van der Waals surface area contributed by atoms with Crippen molar-refractivity contribution in [3.63, 3.8) is 0 Å². The van der Waals surface area contributed by atoms with Crippen LogP contribution in [0.4, 0.5) is 0 Å². The average Bonchev–Trinajstić information content (AvgIpc) is 2.87. The lowest BCUT2D eigenvalue weighted by molar-refractivity contribution is 0.479. The predicted molar refractivity (Wildman–Crippen MR) is 91.0 cm³/mol. The molecule has 0 spiro atoms. The van der Waals surface area contributed by atoms with Crippen LogP contribution >= 0.6 is 11.3 Å². The van der Waals surface area contributed by atoms with E-state index in [2.05, 4.69) is 31.4 Å². The molecule has 1 atom stereocenters. The fourth-order valence-electron chi connectivity index (χ4n) is 2.61. The quantitative estimate of drug-likeness (QED) is 0.304. The largest absolute Gasteiger partial charge is 0.271 e. The second-order valence-electron chi connectivity index (χ2n) is 5.78. The van der Waals surface area contributed by atoms with Gasteiger partial charge in [0.1, 0.15) is 0 Å². The molecule has 0 saturated carbocycles. The van der Waals surface area contributed by atoms with Crippen molar-refractivity contribution in [3.05, 3.63) is 21.9 Å². The van der Waals surface area contributed by atoms with Gasteiger partial charge in [-0.1, -0.05) is 64.7 Å². The van der Waals surface area contributed by atoms with Gasteiger partial charge in [-0.3, -0.25) is 11.3 Å². The minimum absolute atomic E-state index is 0.346. The molecule has 1 aromatic heterocycles. The van der Waals surface area contributed by atoms with Gasteiger partial charge >= 0.3 is 0 Å². The van der Waals surface area contributed by atoms with Gasteiger partial charge in [-0.2, -0.15) is 0 Å². The van der Waals surface area contributed by atoms with Crippen molar-refractivity contribution in [2.45, 2.75) is 84.1 Å². The van der Waals surface area contributed by atoms with Crippen LogP contribution in [0.15, 0.2) is 12.1 Å². The molecule has 0 aliphatic carbocycles. The zero-order valence-electron chi connectivity index (χ0n) is 13.3. The number of unbranched alkanes of at least 4 members (excludes halogenated alkanes) is 8. The van der Waals surface area contributed by atoms with Gasteiger partial charge in [-0.05, 0) is 25.5 Å². The van der Waals surface area contributed by atoms with Crippen molar-refractivity contribution in [2.75, 3.05) is 0 Å². The van der Waals surface area contributed by atoms with Crippen LogP contribution in [0.25, 0.3) is 0 Å². The van der Waals surface area contributed by atoms with Gasteiger partial charge in [0.25, 0.3) is 0 Å². The Hall–Kier alpha value is -0.380. The molecule has 0 amide bonds. The van der Waals surface area contributed by atoms with Crippen LogP contribution in [0.2, 0.25) is 0 Å². The average molecular weight is 297 g/mol. The van der Waals surface area contributed by atoms with Crippen molar-refractivity contribution in [1.29, 1.82) is 0 Å². The predicted octanol–water partition coefficient (Wildman–Crippen LogP) is 5.48. The number of hydrazine groups is 1. The summed E-state index contributed by atoms with van der Waals surface area (Å²) in [4.78, 5) is 2.75. The van der Waals surface area contributed by atoms with E-state index in [9.17, 15) is 0 Å². The standard InChI is InChI=1S/C17H32N2S/c1-3-4-5-6-7-8-9-10-11-12-16(19-18)17-14-13-15(2)20-17/h13-14,16,19H,3-12,18H2,1-2H3. The van der Waals surface area contributed by atoms with E-state index >= 15 is 0 Å². The van der Waals surface area contributed by atoms with Crippen molar-refractivity contribution in [3.8, 4) is 0 Å². The molecule has 1 heterocycles. The molecular formula is C17H32N2S. The molecule has 0 aliphatic rings. The van der Waals surface area contributed by atoms with E-state index in [1.54, 1.807) is 0 Å². The van der Waals surface area contributed by atoms with E-state index in [1.807, 2.05) is 11.3 Å². The first-order chi connectivity index (χ1) is 9.77. The molecule has 3 N–H and O–H groups in total. The first-order valence-corrected chi connectivity index (χ1v) is 9.12. The zero-order chi connectivity index (χ0) is 14.6. The van der Waals surface area contributed by atoms with Crippen molar-refractivity contribution >= 4 is 11.3 Å². The number of nitrogens with two attached hydrogens (primary N) is 1. The van der Waals surface area contributed by atoms with Crippen molar-refractivity contribution in [2.24, 2.45) is 5.84 Å². The lowest BCUT2D eigenvalue weighted by atomic mass is 10.0. The third kappa shape index (κ3) is 7.41. The Labute approximate surface area is 129 Å². The third-order valence-electron chi connectivity index (χ3n) is 3.90. The van der Waals surface area contributed by atoms with Gasteiger partial charge in [0.15, 0.2) is 0 Å². The van der Waals surface area contributed by atoms with Gasteiger partial charge in [-0.25, -0.2) is 0 Å². The van der Waals surface area contributed by atoms with Crippen LogP contribution in [-0.4, -0.2) is 0 Å². The minimum atomic E-state index is 0.346. The maximum absolute atomic E-state index is 5.68. The molecule has 1 unspecified atom stereocenters. The van der Waals surface area contributed by atoms with E-state index < -0.39 is 0 Å². The second-order valence-corrected chi connectivity index (χ2v) is 7.10. The summed E-state index contributed by atoms with van der Waals surface area (Å²) < 4.78 is 0. The molecule has 20 heavy (non-hydrogen) atoms. The Bertz CT molecular complexity index is 335. The van der Waals surface area contributed by atoms with Crippen molar-refractivity contribution < 1.29 is 0 Å². The topological polar surface area (TPSA) is 38.0 Å². The summed E-state index contributed by atoms with van der Waals surface area (Å²) in [6.45, 7) is 4.43. The maximum Gasteiger partial charge on any atom is 0.0553 e. The summed E-state index contributed by atoms with van der Waals surface area (Å²) in [5.41, 5.74) is 2.97. The summed E-state index contributed by atoms with van der Waals surface area (Å²) >= 11 is 1.86. The first-order valence-electron chi connectivity index (χ1n) is 8.30. The number of hydrogen-bond acceptors (Lipinski definition) is 3. The van der Waals surface area contributed by atoms with E-state index in [0.717, 1.165) is 6.42 Å². The monoisotopic (exact) mass is 296 g/mol. The highest BCUT2D eigenvalue weighted by Crippen LogP contribution is 2.26. The SMILES string of the molecule is CCCCCCCCCCCC(NN)c1ccc(C)s1. The smallest absolute Gasteiger partial charge is 0.0553 e. The number of aryl methyl sites for hydroxylation is 1. The minimum Gasteiger partial charge on any atom is -0.271 e. The molecule has 1 rings (SSSR count). The van der Waals surface area contributed by atoms with Gasteiger partial charge in [0.2, 0.25) is 0 Å². The number of thiophene rings is 1. The number of hydrogen-bond donors (Lipinski definition) is 2. The van der Waals surface area contributed by atoms with Crippen LogP contribution in [0, 0.1) is 6.92 Å². The Kier molecular flexibility index (Phi) is 9.98. The molecule has 116 valence electrons. The van der Waals surface area contributed by atoms with Crippen LogP contribution in [0.3, 0.4) is 0 Å². The molecule has 1 aromatic rings. The fraction of sp³-hybridized carbons (Fsp3) is 0.765. The molecule has 2 nitrogen and oxygen atoms in total. The van der Waals surface area contributed by atoms with Crippen LogP contribution in [0.1, 0.15) is 86.9 Å². The van der Waals surface area contributed by atoms with E-state index in [-0.39, 0.29) is 0 Å². The van der Waals surface area contributed by atoms with Gasteiger partial charge in [0, 0.05) is 9.75 Å². The van der Waals surface area contributed by atoms with Crippen LogP contribution in [0.5, 0.6) is 0 Å². The highest BCUT2D eigenvalue weighted by atomic mass is 32.1. The Morgan fingerprint density at radius 2 is 1.60 bits per heavy atom. The van der Waals surface area contributed by atoms with Gasteiger partial charge < -0.3 is 0 Å². The Morgan fingerprint density at radius 1 is 1.00 bits per heavy atom. The molecule has 0 fully saturated rings. The highest BCUT2D eigenvalue weighted by Gasteiger charge is 2.10. The lowest BCUT2D eigenvalue weighted by Crippen LogP contribution is -2.27. The van der Waals surface area contributed by atoms with Crippen LogP contribution < -0.4 is 11.3 Å². The van der Waals surface area contributed by atoms with Crippen molar-refractivity contribution in [1.82, 2.24) is 5.43 Å². The van der Waals surface area contributed by atoms with Gasteiger partial charge in [0.05, 0.1) is 6.04 Å². The molecule has 0 aromatic carbocycles. The maximum atomic E-state index is 5.68. The van der Waals surface area contributed by atoms with Gasteiger partial charge in [-0.15, -0.1) is 11.3 Å². The van der Waals surface area contributed by atoms with E-state index in [0.29, 0.717) is 6.04 Å². The lowest BCUT2D eigenvalue weighted by Gasteiger charge is -2.13.